The third kappa shape index (κ3) is 3.80. The topological polar surface area (TPSA) is 81.1 Å². The number of benzene rings is 2. The van der Waals surface area contributed by atoms with Crippen LogP contribution in [0.25, 0.3) is 5.69 Å². The van der Waals surface area contributed by atoms with E-state index >= 15 is 0 Å². The van der Waals surface area contributed by atoms with E-state index in [9.17, 15) is 26.4 Å². The Bertz CT molecular complexity index is 1270. The number of rotatable bonds is 3. The maximum Gasteiger partial charge on any atom is 0.417 e. The minimum Gasteiger partial charge on any atom is -0.306 e. The minimum absolute atomic E-state index is 0.00433. The monoisotopic (exact) mass is 455 g/mol. The van der Waals surface area contributed by atoms with E-state index in [1.165, 1.54) is 22.9 Å². The number of hydrogen-bond donors (Lipinski definition) is 1. The number of fused-ring (bicyclic) bond motifs is 1. The Hall–Kier alpha value is -2.85. The van der Waals surface area contributed by atoms with Crippen molar-refractivity contribution in [3.8, 4) is 5.69 Å². The van der Waals surface area contributed by atoms with Crippen LogP contribution in [0.3, 0.4) is 0 Å². The van der Waals surface area contributed by atoms with E-state index in [0.717, 1.165) is 12.1 Å². The third-order valence-electron chi connectivity index (χ3n) is 4.55. The van der Waals surface area contributed by atoms with Gasteiger partial charge < -0.3 is 5.32 Å². The van der Waals surface area contributed by atoms with E-state index in [4.69, 9.17) is 11.6 Å². The number of alkyl halides is 3. The quantitative estimate of drug-likeness (QED) is 0.641. The lowest BCUT2D eigenvalue weighted by molar-refractivity contribution is -0.137. The second kappa shape index (κ2) is 7.13. The van der Waals surface area contributed by atoms with Crippen molar-refractivity contribution in [2.45, 2.75) is 17.7 Å². The molecule has 0 saturated heterocycles. The number of amides is 1. The predicted octanol–water partition coefficient (Wildman–Crippen LogP) is 4.23. The van der Waals surface area contributed by atoms with E-state index in [1.54, 1.807) is 18.2 Å². The first-order valence-electron chi connectivity index (χ1n) is 8.60. The Morgan fingerprint density at radius 1 is 1.10 bits per heavy atom. The molecule has 0 atom stereocenters. The lowest BCUT2D eigenvalue weighted by atomic mass is 10.1. The molecule has 1 aliphatic heterocycles. The summed E-state index contributed by atoms with van der Waals surface area (Å²) in [4.78, 5) is 12.8. The molecule has 11 heteroatoms. The molecule has 0 saturated carbocycles. The molecule has 1 aliphatic rings. The molecule has 6 nitrogen and oxygen atoms in total. The summed E-state index contributed by atoms with van der Waals surface area (Å²) in [7, 11) is -3.46. The predicted molar refractivity (Wildman–Crippen MR) is 104 cm³/mol. The normalized spacial score (nSPS) is 15.1. The molecule has 4 rings (SSSR count). The van der Waals surface area contributed by atoms with Gasteiger partial charge in [-0.3, -0.25) is 4.79 Å². The Morgan fingerprint density at radius 2 is 1.83 bits per heavy atom. The van der Waals surface area contributed by atoms with Gasteiger partial charge in [0.05, 0.1) is 34.0 Å². The minimum atomic E-state index is -4.73. The maximum atomic E-state index is 13.3. The van der Waals surface area contributed by atoms with Gasteiger partial charge in [-0.15, -0.1) is 0 Å². The van der Waals surface area contributed by atoms with Crippen LogP contribution in [0.15, 0.2) is 48.5 Å². The summed E-state index contributed by atoms with van der Waals surface area (Å²) < 4.78 is 65.2. The van der Waals surface area contributed by atoms with Crippen LogP contribution in [0.2, 0.25) is 5.02 Å². The number of anilines is 1. The third-order valence-corrected chi connectivity index (χ3v) is 6.23. The van der Waals surface area contributed by atoms with Crippen LogP contribution in [0.1, 0.15) is 27.2 Å². The van der Waals surface area contributed by atoms with E-state index in [-0.39, 0.29) is 28.6 Å². The number of sulfone groups is 1. The van der Waals surface area contributed by atoms with Gasteiger partial charge in [-0.1, -0.05) is 29.8 Å². The number of carbonyl (C=O) groups is 1. The van der Waals surface area contributed by atoms with Gasteiger partial charge in [0.1, 0.15) is 5.82 Å². The van der Waals surface area contributed by atoms with Gasteiger partial charge >= 0.3 is 6.18 Å². The molecular formula is C19H13ClF3N3O3S. The van der Waals surface area contributed by atoms with Gasteiger partial charge in [-0.05, 0) is 30.3 Å². The lowest BCUT2D eigenvalue weighted by Gasteiger charge is -2.14. The Kier molecular flexibility index (Phi) is 4.86. The second-order valence-electron chi connectivity index (χ2n) is 6.70. The molecule has 1 amide bonds. The molecule has 1 aromatic heterocycles. The summed E-state index contributed by atoms with van der Waals surface area (Å²) in [6.45, 7) is 0. The van der Waals surface area contributed by atoms with Crippen molar-refractivity contribution in [3.05, 3.63) is 75.9 Å². The molecule has 2 aromatic carbocycles. The Morgan fingerprint density at radius 3 is 2.53 bits per heavy atom. The van der Waals surface area contributed by atoms with Gasteiger partial charge in [-0.25, -0.2) is 13.1 Å². The molecule has 0 radical (unpaired) electrons. The molecule has 3 aromatic rings. The second-order valence-corrected chi connectivity index (χ2v) is 9.20. The molecular weight excluding hydrogens is 443 g/mol. The van der Waals surface area contributed by atoms with Crippen molar-refractivity contribution in [3.63, 3.8) is 0 Å². The number of nitrogens with zero attached hydrogens (tertiary/aromatic N) is 2. The van der Waals surface area contributed by atoms with Crippen LogP contribution in [-0.2, 0) is 27.5 Å². The van der Waals surface area contributed by atoms with Crippen LogP contribution in [-0.4, -0.2) is 24.1 Å². The molecule has 156 valence electrons. The highest BCUT2D eigenvalue weighted by Crippen LogP contribution is 2.35. The summed E-state index contributed by atoms with van der Waals surface area (Å²) in [5.74, 6) is -1.73. The summed E-state index contributed by atoms with van der Waals surface area (Å²) in [6.07, 6.45) is -4.73. The fourth-order valence-corrected chi connectivity index (χ4v) is 4.95. The highest BCUT2D eigenvalue weighted by molar-refractivity contribution is 7.90. The fourth-order valence-electron chi connectivity index (χ4n) is 3.27. The van der Waals surface area contributed by atoms with Crippen LogP contribution in [0.5, 0.6) is 0 Å². The first-order valence-corrected chi connectivity index (χ1v) is 10.8. The van der Waals surface area contributed by atoms with Gasteiger partial charge in [0.15, 0.2) is 9.84 Å². The highest BCUT2D eigenvalue weighted by Gasteiger charge is 2.37. The number of nitrogens with one attached hydrogen (secondary N) is 1. The first kappa shape index (κ1) is 20.4. The number of carbonyl (C=O) groups excluding carboxylic acids is 1. The van der Waals surface area contributed by atoms with Crippen molar-refractivity contribution in [2.75, 3.05) is 5.32 Å². The van der Waals surface area contributed by atoms with E-state index < -0.39 is 33.0 Å². The van der Waals surface area contributed by atoms with Crippen molar-refractivity contribution in [1.82, 2.24) is 9.78 Å². The SMILES string of the molecule is O=C(Nc1c2c(nn1-c1cccc(Cl)c1)CS(=O)(=O)C2)c1ccccc1C(F)(F)F. The van der Waals surface area contributed by atoms with Gasteiger partial charge in [-0.2, -0.15) is 18.3 Å². The zero-order valence-corrected chi connectivity index (χ0v) is 16.6. The van der Waals surface area contributed by atoms with Crippen molar-refractivity contribution < 1.29 is 26.4 Å². The molecule has 0 aliphatic carbocycles. The average molecular weight is 456 g/mol. The summed E-state index contributed by atoms with van der Waals surface area (Å²) in [5.41, 5.74) is -0.782. The zero-order valence-electron chi connectivity index (χ0n) is 15.1. The van der Waals surface area contributed by atoms with Gasteiger partial charge in [0.2, 0.25) is 0 Å². The number of aromatic nitrogens is 2. The van der Waals surface area contributed by atoms with Crippen molar-refractivity contribution in [2.24, 2.45) is 0 Å². The fraction of sp³-hybridized carbons (Fsp3) is 0.158. The highest BCUT2D eigenvalue weighted by atomic mass is 35.5. The maximum absolute atomic E-state index is 13.3. The lowest BCUT2D eigenvalue weighted by Crippen LogP contribution is -2.21. The van der Waals surface area contributed by atoms with E-state index in [0.29, 0.717) is 10.7 Å². The van der Waals surface area contributed by atoms with Crippen molar-refractivity contribution in [1.29, 1.82) is 0 Å². The van der Waals surface area contributed by atoms with Crippen LogP contribution < -0.4 is 5.32 Å². The summed E-state index contributed by atoms with van der Waals surface area (Å²) in [6, 6.07) is 10.8. The smallest absolute Gasteiger partial charge is 0.306 e. The van der Waals surface area contributed by atoms with E-state index in [2.05, 4.69) is 10.4 Å². The molecule has 2 heterocycles. The standard InChI is InChI=1S/C19H13ClF3N3O3S/c20-11-4-3-5-12(8-11)26-17(14-9-30(28,29)10-16(14)25-26)24-18(27)13-6-1-2-7-15(13)19(21,22)23/h1-8H,9-10H2,(H,24,27). The van der Waals surface area contributed by atoms with Crippen LogP contribution in [0, 0.1) is 0 Å². The molecule has 1 N–H and O–H groups in total. The van der Waals surface area contributed by atoms with Gasteiger partial charge in [0.25, 0.3) is 5.91 Å². The van der Waals surface area contributed by atoms with E-state index in [1.807, 2.05) is 0 Å². The molecule has 0 bridgehead atoms. The largest absolute Gasteiger partial charge is 0.417 e. The molecule has 0 fully saturated rings. The summed E-state index contributed by atoms with van der Waals surface area (Å²) >= 11 is 6.01. The molecule has 30 heavy (non-hydrogen) atoms. The Balaban J connectivity index is 1.81. The molecule has 0 unspecified atom stereocenters. The number of hydrogen-bond acceptors (Lipinski definition) is 4. The number of halogens is 4. The summed E-state index contributed by atoms with van der Waals surface area (Å²) in [5, 5.41) is 7.06. The zero-order chi connectivity index (χ0) is 21.7. The van der Waals surface area contributed by atoms with Crippen molar-refractivity contribution >= 4 is 33.2 Å². The van der Waals surface area contributed by atoms with Crippen LogP contribution in [0.4, 0.5) is 19.0 Å². The van der Waals surface area contributed by atoms with Gasteiger partial charge in [0, 0.05) is 10.6 Å². The first-order chi connectivity index (χ1) is 14.0. The van der Waals surface area contributed by atoms with Crippen LogP contribution >= 0.6 is 11.6 Å². The molecule has 0 spiro atoms. The Labute approximate surface area is 174 Å². The average Bonchev–Trinajstić information content (AvgIpc) is 3.13.